The van der Waals surface area contributed by atoms with Gasteiger partial charge in [0.05, 0.1) is 7.11 Å². The fourth-order valence-electron chi connectivity index (χ4n) is 3.47. The number of hydrogen-bond donors (Lipinski definition) is 2. The van der Waals surface area contributed by atoms with Crippen LogP contribution in [0.25, 0.3) is 0 Å². The van der Waals surface area contributed by atoms with Crippen LogP contribution < -0.4 is 10.6 Å². The predicted molar refractivity (Wildman–Crippen MR) is 89.5 cm³/mol. The number of esters is 1. The summed E-state index contributed by atoms with van der Waals surface area (Å²) in [6.45, 7) is 3.33. The first-order valence-corrected chi connectivity index (χ1v) is 8.86. The Morgan fingerprint density at radius 1 is 1.28 bits per heavy atom. The van der Waals surface area contributed by atoms with E-state index in [-0.39, 0.29) is 11.8 Å². The smallest absolute Gasteiger partial charge is 0.328 e. The van der Waals surface area contributed by atoms with E-state index < -0.39 is 36.0 Å². The van der Waals surface area contributed by atoms with Crippen molar-refractivity contribution in [2.75, 3.05) is 13.7 Å². The van der Waals surface area contributed by atoms with Gasteiger partial charge in [-0.3, -0.25) is 14.5 Å². The number of carbonyl (C=O) groups is 4. The third kappa shape index (κ3) is 3.93. The van der Waals surface area contributed by atoms with Crippen LogP contribution in [0.15, 0.2) is 0 Å². The molecular weight excluding hydrogens is 326 g/mol. The molecule has 0 aromatic rings. The summed E-state index contributed by atoms with van der Waals surface area (Å²) < 4.78 is 4.72. The average molecular weight is 353 g/mol. The van der Waals surface area contributed by atoms with Gasteiger partial charge in [0.2, 0.25) is 5.91 Å². The number of amides is 4. The molecule has 0 aromatic carbocycles. The summed E-state index contributed by atoms with van der Waals surface area (Å²) in [5, 5.41) is 5.35. The van der Waals surface area contributed by atoms with Gasteiger partial charge in [-0.1, -0.05) is 39.5 Å². The summed E-state index contributed by atoms with van der Waals surface area (Å²) in [4.78, 5) is 50.0. The van der Waals surface area contributed by atoms with E-state index >= 15 is 0 Å². The summed E-state index contributed by atoms with van der Waals surface area (Å²) in [6, 6.07) is -1.34. The van der Waals surface area contributed by atoms with Gasteiger partial charge in [0.15, 0.2) is 0 Å². The summed E-state index contributed by atoms with van der Waals surface area (Å²) in [5.41, 5.74) is -0.853. The molecule has 2 atom stereocenters. The molecular formula is C17H27N3O5. The van der Waals surface area contributed by atoms with Crippen molar-refractivity contribution in [3.8, 4) is 0 Å². The van der Waals surface area contributed by atoms with Crippen LogP contribution in [0, 0.1) is 5.92 Å². The van der Waals surface area contributed by atoms with E-state index in [2.05, 4.69) is 10.6 Å². The first kappa shape index (κ1) is 19.2. The molecule has 1 heterocycles. The number of rotatable bonds is 6. The van der Waals surface area contributed by atoms with Gasteiger partial charge in [-0.15, -0.1) is 0 Å². The number of urea groups is 1. The third-order valence-corrected chi connectivity index (χ3v) is 5.24. The second-order valence-electron chi connectivity index (χ2n) is 6.92. The van der Waals surface area contributed by atoms with Crippen LogP contribution in [0.2, 0.25) is 0 Å². The molecule has 8 heteroatoms. The Morgan fingerprint density at radius 2 is 1.92 bits per heavy atom. The molecule has 0 unspecified atom stereocenters. The number of methoxy groups -OCH3 is 1. The van der Waals surface area contributed by atoms with Gasteiger partial charge in [0.1, 0.15) is 18.1 Å². The number of hydrogen-bond acceptors (Lipinski definition) is 5. The molecule has 0 radical (unpaired) electrons. The number of carbonyl (C=O) groups excluding carboxylic acids is 4. The van der Waals surface area contributed by atoms with Gasteiger partial charge in [0.25, 0.3) is 5.91 Å². The van der Waals surface area contributed by atoms with E-state index in [0.717, 1.165) is 24.2 Å². The molecule has 0 bridgehead atoms. The maximum absolute atomic E-state index is 12.7. The molecule has 1 aliphatic carbocycles. The highest BCUT2D eigenvalue weighted by atomic mass is 16.5. The Bertz CT molecular complexity index is 556. The Morgan fingerprint density at radius 3 is 2.48 bits per heavy atom. The molecule has 1 spiro atoms. The minimum atomic E-state index is -0.853. The van der Waals surface area contributed by atoms with Crippen molar-refractivity contribution in [1.82, 2.24) is 15.5 Å². The van der Waals surface area contributed by atoms with Gasteiger partial charge in [-0.05, 0) is 18.8 Å². The molecule has 1 aliphatic heterocycles. The van der Waals surface area contributed by atoms with Gasteiger partial charge >= 0.3 is 12.0 Å². The van der Waals surface area contributed by atoms with Crippen LogP contribution in [0.4, 0.5) is 4.79 Å². The molecule has 1 saturated carbocycles. The Balaban J connectivity index is 2.03. The molecule has 140 valence electrons. The fourth-order valence-corrected chi connectivity index (χ4v) is 3.47. The van der Waals surface area contributed by atoms with Crippen molar-refractivity contribution in [2.45, 2.75) is 64.0 Å². The molecule has 2 N–H and O–H groups in total. The fraction of sp³-hybridized carbons (Fsp3) is 0.765. The average Bonchev–Trinajstić information content (AvgIpc) is 2.83. The monoisotopic (exact) mass is 353 g/mol. The van der Waals surface area contributed by atoms with Crippen LogP contribution >= 0.6 is 0 Å². The zero-order chi connectivity index (χ0) is 18.6. The highest BCUT2D eigenvalue weighted by molar-refractivity contribution is 6.09. The summed E-state index contributed by atoms with van der Waals surface area (Å²) in [6.07, 6.45) is 4.68. The number of nitrogens with zero attached hydrogens (tertiary/aromatic N) is 1. The lowest BCUT2D eigenvalue weighted by atomic mass is 9.82. The predicted octanol–water partition coefficient (Wildman–Crippen LogP) is 0.945. The molecule has 2 rings (SSSR count). The Hall–Kier alpha value is -2.12. The van der Waals surface area contributed by atoms with Crippen LogP contribution in [-0.4, -0.2) is 54.0 Å². The SMILES string of the molecule is CC[C@@H](C)[C@@H](NC(=O)CN1C(=O)NC2(CCCCC2)C1=O)C(=O)OC. The first-order valence-electron chi connectivity index (χ1n) is 8.86. The maximum Gasteiger partial charge on any atom is 0.328 e. The second kappa shape index (κ2) is 7.84. The van der Waals surface area contributed by atoms with E-state index in [1.54, 1.807) is 0 Å². The van der Waals surface area contributed by atoms with Crippen LogP contribution in [0.3, 0.4) is 0 Å². The zero-order valence-electron chi connectivity index (χ0n) is 15.1. The lowest BCUT2D eigenvalue weighted by Gasteiger charge is -2.30. The van der Waals surface area contributed by atoms with E-state index in [9.17, 15) is 19.2 Å². The quantitative estimate of drug-likeness (QED) is 0.546. The normalized spacial score (nSPS) is 21.6. The Labute approximate surface area is 147 Å². The van der Waals surface area contributed by atoms with E-state index in [0.29, 0.717) is 19.3 Å². The molecule has 4 amide bonds. The number of nitrogens with one attached hydrogen (secondary N) is 2. The van der Waals surface area contributed by atoms with Crippen molar-refractivity contribution in [2.24, 2.45) is 5.92 Å². The highest BCUT2D eigenvalue weighted by Crippen LogP contribution is 2.33. The topological polar surface area (TPSA) is 105 Å². The molecule has 0 aromatic heterocycles. The standard InChI is InChI=1S/C17H27N3O5/c1-4-11(2)13(14(22)25-3)18-12(21)10-20-15(23)17(19-16(20)24)8-6-5-7-9-17/h11,13H,4-10H2,1-3H3,(H,18,21)(H,19,24)/t11-,13-/m1/s1. The summed E-state index contributed by atoms with van der Waals surface area (Å²) in [7, 11) is 1.26. The minimum Gasteiger partial charge on any atom is -0.467 e. The molecule has 25 heavy (non-hydrogen) atoms. The van der Waals surface area contributed by atoms with Crippen molar-refractivity contribution in [1.29, 1.82) is 0 Å². The zero-order valence-corrected chi connectivity index (χ0v) is 15.1. The first-order chi connectivity index (χ1) is 11.8. The van der Waals surface area contributed by atoms with Gasteiger partial charge in [-0.25, -0.2) is 9.59 Å². The van der Waals surface area contributed by atoms with E-state index in [1.165, 1.54) is 7.11 Å². The minimum absolute atomic E-state index is 0.121. The van der Waals surface area contributed by atoms with Gasteiger partial charge in [0, 0.05) is 0 Å². The summed E-state index contributed by atoms with van der Waals surface area (Å²) in [5.74, 6) is -1.55. The van der Waals surface area contributed by atoms with Crippen molar-refractivity contribution >= 4 is 23.8 Å². The second-order valence-corrected chi connectivity index (χ2v) is 6.92. The van der Waals surface area contributed by atoms with E-state index in [1.807, 2.05) is 13.8 Å². The molecule has 8 nitrogen and oxygen atoms in total. The van der Waals surface area contributed by atoms with Crippen molar-refractivity contribution in [3.63, 3.8) is 0 Å². The number of ether oxygens (including phenoxy) is 1. The van der Waals surface area contributed by atoms with Crippen molar-refractivity contribution < 1.29 is 23.9 Å². The molecule has 1 saturated heterocycles. The largest absolute Gasteiger partial charge is 0.467 e. The lowest BCUT2D eigenvalue weighted by molar-refractivity contribution is -0.146. The highest BCUT2D eigenvalue weighted by Gasteiger charge is 2.51. The van der Waals surface area contributed by atoms with Crippen LogP contribution in [0.1, 0.15) is 52.4 Å². The van der Waals surface area contributed by atoms with Gasteiger partial charge in [-0.2, -0.15) is 0 Å². The van der Waals surface area contributed by atoms with Crippen molar-refractivity contribution in [3.05, 3.63) is 0 Å². The molecule has 2 aliphatic rings. The lowest BCUT2D eigenvalue weighted by Crippen LogP contribution is -2.51. The van der Waals surface area contributed by atoms with Crippen LogP contribution in [0.5, 0.6) is 0 Å². The Kier molecular flexibility index (Phi) is 6.02. The van der Waals surface area contributed by atoms with E-state index in [4.69, 9.17) is 4.74 Å². The molecule has 2 fully saturated rings. The summed E-state index contributed by atoms with van der Waals surface area (Å²) >= 11 is 0. The maximum atomic E-state index is 12.7. The third-order valence-electron chi connectivity index (χ3n) is 5.24. The number of imide groups is 1. The van der Waals surface area contributed by atoms with Gasteiger partial charge < -0.3 is 15.4 Å². The van der Waals surface area contributed by atoms with Crippen LogP contribution in [-0.2, 0) is 19.1 Å².